The Kier molecular flexibility index (Phi) is 2.05. The van der Waals surface area contributed by atoms with Crippen molar-refractivity contribution in [2.45, 2.75) is 5.03 Å². The summed E-state index contributed by atoms with van der Waals surface area (Å²) in [5, 5.41) is 3.83. The molecule has 0 saturated carbocycles. The fourth-order valence-corrected chi connectivity index (χ4v) is 1.82. The summed E-state index contributed by atoms with van der Waals surface area (Å²) < 4.78 is 0. The Morgan fingerprint density at radius 3 is 3.15 bits per heavy atom. The van der Waals surface area contributed by atoms with Crippen LogP contribution in [0.3, 0.4) is 0 Å². The number of thioether (sulfide) groups is 1. The summed E-state index contributed by atoms with van der Waals surface area (Å²) in [7, 11) is 1.80. The van der Waals surface area contributed by atoms with Crippen LogP contribution < -0.4 is 11.1 Å². The van der Waals surface area contributed by atoms with Crippen LogP contribution >= 0.6 is 11.8 Å². The second kappa shape index (κ2) is 3.21. The van der Waals surface area contributed by atoms with Gasteiger partial charge in [-0.3, -0.25) is 0 Å². The summed E-state index contributed by atoms with van der Waals surface area (Å²) in [6, 6.07) is 0. The molecule has 0 atom stereocenters. The number of hydrogen-bond acceptors (Lipinski definition) is 6. The SMILES string of the molecule is CNc1ncnc2c1N=C(N)CS2. The van der Waals surface area contributed by atoms with E-state index in [9.17, 15) is 0 Å². The van der Waals surface area contributed by atoms with Gasteiger partial charge in [-0.1, -0.05) is 11.8 Å². The van der Waals surface area contributed by atoms with Gasteiger partial charge >= 0.3 is 0 Å². The quantitative estimate of drug-likeness (QED) is 0.642. The Balaban J connectivity index is 2.55. The van der Waals surface area contributed by atoms with E-state index in [0.717, 1.165) is 16.5 Å². The van der Waals surface area contributed by atoms with Gasteiger partial charge in [0.1, 0.15) is 22.9 Å². The molecule has 1 aliphatic heterocycles. The number of fused-ring (bicyclic) bond motifs is 1. The van der Waals surface area contributed by atoms with Crippen molar-refractivity contribution in [1.82, 2.24) is 9.97 Å². The maximum atomic E-state index is 5.62. The molecule has 2 heterocycles. The molecule has 0 amide bonds. The Morgan fingerprint density at radius 2 is 2.38 bits per heavy atom. The molecular weight excluding hydrogens is 186 g/mol. The van der Waals surface area contributed by atoms with Crippen molar-refractivity contribution in [2.24, 2.45) is 10.7 Å². The van der Waals surface area contributed by atoms with E-state index in [1.807, 2.05) is 0 Å². The molecule has 3 N–H and O–H groups in total. The molecule has 0 spiro atoms. The van der Waals surface area contributed by atoms with E-state index in [-0.39, 0.29) is 0 Å². The van der Waals surface area contributed by atoms with Crippen molar-refractivity contribution in [3.8, 4) is 0 Å². The van der Waals surface area contributed by atoms with Crippen molar-refractivity contribution in [3.63, 3.8) is 0 Å². The largest absolute Gasteiger partial charge is 0.386 e. The normalized spacial score (nSPS) is 14.7. The molecule has 0 unspecified atom stereocenters. The van der Waals surface area contributed by atoms with Gasteiger partial charge in [-0.2, -0.15) is 0 Å². The van der Waals surface area contributed by atoms with E-state index in [1.165, 1.54) is 6.33 Å². The van der Waals surface area contributed by atoms with Gasteiger partial charge < -0.3 is 11.1 Å². The summed E-state index contributed by atoms with van der Waals surface area (Å²) in [5.74, 6) is 2.04. The molecule has 1 aliphatic rings. The van der Waals surface area contributed by atoms with E-state index >= 15 is 0 Å². The van der Waals surface area contributed by atoms with Crippen LogP contribution in [0.15, 0.2) is 16.3 Å². The van der Waals surface area contributed by atoms with Crippen LogP contribution in [0.2, 0.25) is 0 Å². The zero-order valence-electron chi connectivity index (χ0n) is 7.11. The highest BCUT2D eigenvalue weighted by molar-refractivity contribution is 8.00. The highest BCUT2D eigenvalue weighted by atomic mass is 32.2. The molecule has 0 aliphatic carbocycles. The fourth-order valence-electron chi connectivity index (χ4n) is 1.07. The molecule has 0 fully saturated rings. The van der Waals surface area contributed by atoms with Crippen LogP contribution in [0.25, 0.3) is 0 Å². The van der Waals surface area contributed by atoms with Gasteiger partial charge in [-0.15, -0.1) is 0 Å². The lowest BCUT2D eigenvalue weighted by Gasteiger charge is -2.13. The number of nitrogens with one attached hydrogen (secondary N) is 1. The predicted octanol–water partition coefficient (Wildman–Crippen LogP) is 0.613. The summed E-state index contributed by atoms with van der Waals surface area (Å²) in [4.78, 5) is 12.4. The van der Waals surface area contributed by atoms with Gasteiger partial charge in [0.15, 0.2) is 5.82 Å². The van der Waals surface area contributed by atoms with Crippen molar-refractivity contribution >= 4 is 29.1 Å². The van der Waals surface area contributed by atoms with Crippen LogP contribution in [0.1, 0.15) is 0 Å². The van der Waals surface area contributed by atoms with Gasteiger partial charge in [0, 0.05) is 7.05 Å². The number of rotatable bonds is 1. The third-order valence-electron chi connectivity index (χ3n) is 1.64. The average molecular weight is 195 g/mol. The van der Waals surface area contributed by atoms with Crippen LogP contribution in [0, 0.1) is 0 Å². The standard InChI is InChI=1S/C7H9N5S/c1-9-6-5-7(11-3-10-6)13-2-4(8)12-5/h3H,2H2,1H3,(H2,8,12)(H,9,10,11). The molecule has 13 heavy (non-hydrogen) atoms. The highest BCUT2D eigenvalue weighted by Crippen LogP contribution is 2.35. The number of aliphatic imine (C=N–C) groups is 1. The highest BCUT2D eigenvalue weighted by Gasteiger charge is 2.15. The number of amidine groups is 1. The van der Waals surface area contributed by atoms with E-state index in [1.54, 1.807) is 18.8 Å². The van der Waals surface area contributed by atoms with Crippen molar-refractivity contribution in [2.75, 3.05) is 18.1 Å². The molecule has 1 aromatic heterocycles. The lowest BCUT2D eigenvalue weighted by Crippen LogP contribution is -2.17. The van der Waals surface area contributed by atoms with Gasteiger partial charge in [0.05, 0.1) is 5.75 Å². The van der Waals surface area contributed by atoms with Gasteiger partial charge in [-0.05, 0) is 0 Å². The molecule has 68 valence electrons. The minimum absolute atomic E-state index is 0.615. The summed E-state index contributed by atoms with van der Waals surface area (Å²) >= 11 is 1.58. The first-order valence-electron chi connectivity index (χ1n) is 3.80. The summed E-state index contributed by atoms with van der Waals surface area (Å²) in [6.45, 7) is 0. The topological polar surface area (TPSA) is 76.2 Å². The smallest absolute Gasteiger partial charge is 0.156 e. The van der Waals surface area contributed by atoms with Crippen LogP contribution in [-0.2, 0) is 0 Å². The second-order valence-corrected chi connectivity index (χ2v) is 3.48. The molecule has 0 bridgehead atoms. The van der Waals surface area contributed by atoms with Crippen LogP contribution in [0.5, 0.6) is 0 Å². The van der Waals surface area contributed by atoms with Crippen LogP contribution in [0.4, 0.5) is 11.5 Å². The van der Waals surface area contributed by atoms with Crippen molar-refractivity contribution in [3.05, 3.63) is 6.33 Å². The van der Waals surface area contributed by atoms with E-state index in [0.29, 0.717) is 11.6 Å². The van der Waals surface area contributed by atoms with E-state index in [2.05, 4.69) is 20.3 Å². The maximum absolute atomic E-state index is 5.62. The molecule has 0 radical (unpaired) electrons. The fraction of sp³-hybridized carbons (Fsp3) is 0.286. The summed E-state index contributed by atoms with van der Waals surface area (Å²) in [5.41, 5.74) is 6.37. The third-order valence-corrected chi connectivity index (χ3v) is 2.65. The van der Waals surface area contributed by atoms with Gasteiger partial charge in [-0.25, -0.2) is 15.0 Å². The Hall–Kier alpha value is -1.30. The number of nitrogens with two attached hydrogens (primary N) is 1. The molecule has 0 saturated heterocycles. The number of hydrogen-bond donors (Lipinski definition) is 2. The average Bonchev–Trinajstić information content (AvgIpc) is 2.17. The second-order valence-electron chi connectivity index (χ2n) is 2.52. The number of aromatic nitrogens is 2. The maximum Gasteiger partial charge on any atom is 0.156 e. The minimum Gasteiger partial charge on any atom is -0.386 e. The van der Waals surface area contributed by atoms with Gasteiger partial charge in [0.2, 0.25) is 0 Å². The lowest BCUT2D eigenvalue weighted by atomic mass is 10.4. The van der Waals surface area contributed by atoms with Crippen molar-refractivity contribution < 1.29 is 0 Å². The number of anilines is 1. The molecule has 2 rings (SSSR count). The molecule has 5 nitrogen and oxygen atoms in total. The zero-order valence-corrected chi connectivity index (χ0v) is 7.93. The minimum atomic E-state index is 0.615. The van der Waals surface area contributed by atoms with Crippen molar-refractivity contribution in [1.29, 1.82) is 0 Å². The lowest BCUT2D eigenvalue weighted by molar-refractivity contribution is 1.03. The van der Waals surface area contributed by atoms with Crippen LogP contribution in [-0.4, -0.2) is 28.6 Å². The molecular formula is C7H9N5S. The molecule has 1 aromatic rings. The number of nitrogens with zero attached hydrogens (tertiary/aromatic N) is 3. The monoisotopic (exact) mass is 195 g/mol. The first-order chi connectivity index (χ1) is 6.31. The Bertz CT molecular complexity index is 362. The Morgan fingerprint density at radius 1 is 1.54 bits per heavy atom. The predicted molar refractivity (Wildman–Crippen MR) is 53.6 cm³/mol. The van der Waals surface area contributed by atoms with E-state index in [4.69, 9.17) is 5.73 Å². The first kappa shape index (κ1) is 8.31. The van der Waals surface area contributed by atoms with Gasteiger partial charge in [0.25, 0.3) is 0 Å². The first-order valence-corrected chi connectivity index (χ1v) is 4.78. The Labute approximate surface area is 79.9 Å². The summed E-state index contributed by atoms with van der Waals surface area (Å²) in [6.07, 6.45) is 1.52. The zero-order chi connectivity index (χ0) is 9.26. The van der Waals surface area contributed by atoms with E-state index < -0.39 is 0 Å². The molecule has 6 heteroatoms. The molecule has 0 aromatic carbocycles. The third kappa shape index (κ3) is 1.44.